The number of piperidine rings is 1. The largest absolute Gasteiger partial charge is 0.349 e. The zero-order chi connectivity index (χ0) is 36.9. The highest BCUT2D eigenvalue weighted by atomic mass is 35.5. The quantitative estimate of drug-likeness (QED) is 0.224. The molecule has 0 aliphatic carbocycles. The van der Waals surface area contributed by atoms with Crippen LogP contribution in [0, 0.1) is 5.41 Å². The lowest BCUT2D eigenvalue weighted by atomic mass is 9.72. The molecule has 4 aromatic heterocycles. The Labute approximate surface area is 311 Å². The number of benzene rings is 1. The molecule has 7 heterocycles. The van der Waals surface area contributed by atoms with E-state index in [9.17, 15) is 19.2 Å². The van der Waals surface area contributed by atoms with Crippen molar-refractivity contribution >= 4 is 57.8 Å². The van der Waals surface area contributed by atoms with Crippen LogP contribution < -0.4 is 15.5 Å². The van der Waals surface area contributed by atoms with Crippen molar-refractivity contribution in [3.8, 4) is 22.5 Å². The highest BCUT2D eigenvalue weighted by molar-refractivity contribution is 6.34. The molecule has 3 fully saturated rings. The topological polar surface area (TPSA) is 146 Å². The number of hydrogen-bond acceptors (Lipinski definition) is 8. The first-order valence-corrected chi connectivity index (χ1v) is 18.0. The van der Waals surface area contributed by atoms with Gasteiger partial charge in [0.25, 0.3) is 5.91 Å². The van der Waals surface area contributed by atoms with Gasteiger partial charge >= 0.3 is 6.03 Å². The Balaban J connectivity index is 0.870. The second kappa shape index (κ2) is 13.7. The summed E-state index contributed by atoms with van der Waals surface area (Å²) < 4.78 is 2.00. The van der Waals surface area contributed by atoms with Crippen LogP contribution in [0.3, 0.4) is 0 Å². The molecule has 0 bridgehead atoms. The molecular formula is C39H38ClN9O4. The molecule has 3 aliphatic rings. The average Bonchev–Trinajstić information content (AvgIpc) is 3.46. The van der Waals surface area contributed by atoms with Crippen LogP contribution in [0.1, 0.15) is 42.1 Å². The molecule has 5 aromatic rings. The molecule has 0 radical (unpaired) electrons. The molecule has 0 saturated carbocycles. The first kappa shape index (κ1) is 34.4. The van der Waals surface area contributed by atoms with Crippen molar-refractivity contribution < 1.29 is 19.2 Å². The lowest BCUT2D eigenvalue weighted by Gasteiger charge is -2.54. The van der Waals surface area contributed by atoms with Crippen LogP contribution >= 0.6 is 11.6 Å². The van der Waals surface area contributed by atoms with Gasteiger partial charge in [0, 0.05) is 100 Å². The predicted octanol–water partition coefficient (Wildman–Crippen LogP) is 5.49. The number of hydrogen-bond donors (Lipinski definition) is 2. The first-order chi connectivity index (χ1) is 25.5. The number of amides is 5. The molecule has 3 saturated heterocycles. The number of nitrogens with one attached hydrogen (secondary N) is 2. The number of halogens is 1. The monoisotopic (exact) mass is 731 g/mol. The van der Waals surface area contributed by atoms with E-state index in [0.717, 1.165) is 71.5 Å². The second-order valence-electron chi connectivity index (χ2n) is 14.3. The van der Waals surface area contributed by atoms with Crippen molar-refractivity contribution in [3.63, 3.8) is 0 Å². The van der Waals surface area contributed by atoms with E-state index in [-0.39, 0.29) is 36.1 Å². The molecule has 2 N–H and O–H groups in total. The Morgan fingerprint density at radius 1 is 0.943 bits per heavy atom. The third kappa shape index (κ3) is 6.85. The van der Waals surface area contributed by atoms with E-state index >= 15 is 0 Å². The number of rotatable bonds is 7. The fourth-order valence-electron chi connectivity index (χ4n) is 7.76. The normalized spacial score (nSPS) is 17.2. The van der Waals surface area contributed by atoms with Crippen molar-refractivity contribution in [1.29, 1.82) is 0 Å². The third-order valence-corrected chi connectivity index (χ3v) is 10.8. The third-order valence-electron chi connectivity index (χ3n) is 10.5. The molecule has 3 aliphatic heterocycles. The molecule has 13 nitrogen and oxygen atoms in total. The van der Waals surface area contributed by atoms with E-state index in [4.69, 9.17) is 16.6 Å². The van der Waals surface area contributed by atoms with Crippen LogP contribution in [-0.4, -0.2) is 85.8 Å². The van der Waals surface area contributed by atoms with Gasteiger partial charge in [-0.25, -0.2) is 9.78 Å². The Morgan fingerprint density at radius 3 is 2.49 bits per heavy atom. The Hall–Kier alpha value is -5.66. The molecule has 5 amide bonds. The van der Waals surface area contributed by atoms with Gasteiger partial charge in [-0.2, -0.15) is 0 Å². The SMILES string of the molecule is CC(=O)Nc1cc2c(-c3cc(-c4ccc(CN5CC6(CCN(C(=O)c7ccc(Cl)c(N8CCC(=O)NC8=O)c7)CC6)C5)cn4)ccn3)cn(C)c2cn1. The predicted molar refractivity (Wildman–Crippen MR) is 201 cm³/mol. The van der Waals surface area contributed by atoms with Gasteiger partial charge in [0.15, 0.2) is 0 Å². The number of carbonyl (C=O) groups is 4. The number of carbonyl (C=O) groups excluding carboxylic acids is 4. The number of urea groups is 1. The fourth-order valence-corrected chi connectivity index (χ4v) is 7.98. The van der Waals surface area contributed by atoms with Gasteiger partial charge in [-0.15, -0.1) is 0 Å². The zero-order valence-corrected chi connectivity index (χ0v) is 30.2. The van der Waals surface area contributed by atoms with E-state index in [1.165, 1.54) is 11.8 Å². The van der Waals surface area contributed by atoms with Crippen LogP contribution in [-0.2, 0) is 23.2 Å². The molecule has 0 atom stereocenters. The number of aromatic nitrogens is 4. The van der Waals surface area contributed by atoms with Crippen molar-refractivity contribution in [3.05, 3.63) is 89.5 Å². The van der Waals surface area contributed by atoms with Crippen molar-refractivity contribution in [2.45, 2.75) is 32.7 Å². The van der Waals surface area contributed by atoms with Crippen LogP contribution in [0.2, 0.25) is 5.02 Å². The summed E-state index contributed by atoms with van der Waals surface area (Å²) in [7, 11) is 1.96. The second-order valence-corrected chi connectivity index (χ2v) is 14.7. The summed E-state index contributed by atoms with van der Waals surface area (Å²) in [6.07, 6.45) is 9.54. The fraction of sp³-hybridized carbons (Fsp3) is 0.308. The van der Waals surface area contributed by atoms with E-state index in [1.54, 1.807) is 30.6 Å². The smallest absolute Gasteiger partial charge is 0.328 e. The summed E-state index contributed by atoms with van der Waals surface area (Å²) in [6.45, 7) is 5.77. The molecule has 53 heavy (non-hydrogen) atoms. The van der Waals surface area contributed by atoms with Crippen LogP contribution in [0.25, 0.3) is 33.4 Å². The summed E-state index contributed by atoms with van der Waals surface area (Å²) in [5, 5.41) is 6.37. The molecule has 8 rings (SSSR count). The minimum Gasteiger partial charge on any atom is -0.349 e. The van der Waals surface area contributed by atoms with Gasteiger partial charge in [-0.3, -0.25) is 39.5 Å². The van der Waals surface area contributed by atoms with E-state index in [1.807, 2.05) is 47.1 Å². The number of likely N-dealkylation sites (tertiary alicyclic amines) is 2. The van der Waals surface area contributed by atoms with Gasteiger partial charge in [0.1, 0.15) is 5.82 Å². The Morgan fingerprint density at radius 2 is 1.75 bits per heavy atom. The summed E-state index contributed by atoms with van der Waals surface area (Å²) in [5.74, 6) is -0.0861. The maximum absolute atomic E-state index is 13.5. The van der Waals surface area contributed by atoms with Gasteiger partial charge < -0.3 is 14.8 Å². The highest BCUT2D eigenvalue weighted by Gasteiger charge is 2.45. The standard InChI is InChI=1S/C39H38ClN9O4/c1-24(50)44-35-17-28-29(21-46(2)34(28)19-43-35)32-15-26(7-11-41-32)31-6-3-25(18-42-31)20-47-22-39(23-47)9-13-48(14-10-39)37(52)27-4-5-30(40)33(16-27)49-12-8-36(51)45-38(49)53/h3-7,11,15-19,21H,8-10,12-14,20,22-23H2,1-2H3,(H,43,44,50)(H,45,51,53). The van der Waals surface area contributed by atoms with E-state index in [0.29, 0.717) is 35.2 Å². The highest BCUT2D eigenvalue weighted by Crippen LogP contribution is 2.42. The van der Waals surface area contributed by atoms with Gasteiger partial charge in [0.2, 0.25) is 11.8 Å². The van der Waals surface area contributed by atoms with Crippen LogP contribution in [0.4, 0.5) is 16.3 Å². The van der Waals surface area contributed by atoms with E-state index in [2.05, 4.69) is 37.6 Å². The molecule has 270 valence electrons. The first-order valence-electron chi connectivity index (χ1n) is 17.6. The van der Waals surface area contributed by atoms with Gasteiger partial charge in [0.05, 0.1) is 33.8 Å². The summed E-state index contributed by atoms with van der Waals surface area (Å²) in [5.41, 5.74) is 6.75. The molecule has 14 heteroatoms. The lowest BCUT2D eigenvalue weighted by Crippen LogP contribution is -2.60. The summed E-state index contributed by atoms with van der Waals surface area (Å²) in [4.78, 5) is 68.7. The molecule has 1 aromatic carbocycles. The van der Waals surface area contributed by atoms with E-state index < -0.39 is 6.03 Å². The molecular weight excluding hydrogens is 694 g/mol. The number of anilines is 2. The number of aryl methyl sites for hydroxylation is 1. The number of nitrogens with zero attached hydrogens (tertiary/aromatic N) is 7. The zero-order valence-electron chi connectivity index (χ0n) is 29.4. The average molecular weight is 732 g/mol. The Bertz CT molecular complexity index is 2270. The van der Waals surface area contributed by atoms with Gasteiger partial charge in [-0.05, 0) is 66.3 Å². The Kier molecular flexibility index (Phi) is 8.91. The number of fused-ring (bicyclic) bond motifs is 1. The van der Waals surface area contributed by atoms with Crippen LogP contribution in [0.5, 0.6) is 0 Å². The van der Waals surface area contributed by atoms with Crippen molar-refractivity contribution in [2.75, 3.05) is 42.9 Å². The minimum absolute atomic E-state index is 0.0829. The molecule has 0 unspecified atom stereocenters. The number of pyridine rings is 3. The van der Waals surface area contributed by atoms with Crippen molar-refractivity contribution in [2.24, 2.45) is 12.5 Å². The van der Waals surface area contributed by atoms with Crippen molar-refractivity contribution in [1.82, 2.24) is 34.6 Å². The minimum atomic E-state index is -0.534. The maximum Gasteiger partial charge on any atom is 0.328 e. The summed E-state index contributed by atoms with van der Waals surface area (Å²) in [6, 6.07) is 14.5. The van der Waals surface area contributed by atoms with Crippen LogP contribution in [0.15, 0.2) is 73.3 Å². The summed E-state index contributed by atoms with van der Waals surface area (Å²) >= 11 is 6.40. The van der Waals surface area contributed by atoms with Gasteiger partial charge in [-0.1, -0.05) is 17.7 Å². The lowest BCUT2D eigenvalue weighted by molar-refractivity contribution is -0.120. The molecule has 1 spiro atoms. The number of imide groups is 1. The maximum atomic E-state index is 13.5.